The molecule has 0 atom stereocenters. The van der Waals surface area contributed by atoms with Gasteiger partial charge < -0.3 is 5.32 Å². The first-order chi connectivity index (χ1) is 10.5. The second kappa shape index (κ2) is 7.60. The third kappa shape index (κ3) is 4.45. The first-order valence-corrected chi connectivity index (χ1v) is 8.27. The Hall–Kier alpha value is -1.60. The van der Waals surface area contributed by atoms with Crippen molar-refractivity contribution in [1.82, 2.24) is 20.2 Å². The highest BCUT2D eigenvalue weighted by Gasteiger charge is 2.12. The number of benzene rings is 1. The van der Waals surface area contributed by atoms with Crippen molar-refractivity contribution >= 4 is 35.0 Å². The van der Waals surface area contributed by atoms with Gasteiger partial charge in [0.2, 0.25) is 11.1 Å². The van der Waals surface area contributed by atoms with Gasteiger partial charge in [0.15, 0.2) is 0 Å². The fourth-order valence-electron chi connectivity index (χ4n) is 1.82. The molecule has 1 aromatic carbocycles. The van der Waals surface area contributed by atoms with E-state index >= 15 is 0 Å². The Morgan fingerprint density at radius 3 is 2.95 bits per heavy atom. The summed E-state index contributed by atoms with van der Waals surface area (Å²) in [6.07, 6.45) is 0. The summed E-state index contributed by atoms with van der Waals surface area (Å²) < 4.78 is 1.72. The zero-order chi connectivity index (χ0) is 16.1. The number of nitrogens with one attached hydrogen (secondary N) is 1. The zero-order valence-electron chi connectivity index (χ0n) is 12.7. The summed E-state index contributed by atoms with van der Waals surface area (Å²) in [7, 11) is 0. The van der Waals surface area contributed by atoms with Crippen molar-refractivity contribution < 1.29 is 4.79 Å². The van der Waals surface area contributed by atoms with Gasteiger partial charge in [-0.2, -0.15) is 0 Å². The SMILES string of the molecule is Cc1c(Cl)cccc1NC(=O)CSc1nnnn1CC(C)C. The Morgan fingerprint density at radius 2 is 2.23 bits per heavy atom. The first-order valence-electron chi connectivity index (χ1n) is 6.91. The molecule has 1 aromatic heterocycles. The lowest BCUT2D eigenvalue weighted by molar-refractivity contribution is -0.113. The van der Waals surface area contributed by atoms with Crippen molar-refractivity contribution in [1.29, 1.82) is 0 Å². The number of hydrogen-bond acceptors (Lipinski definition) is 5. The van der Waals surface area contributed by atoms with E-state index < -0.39 is 0 Å². The molecular formula is C14H18ClN5OS. The lowest BCUT2D eigenvalue weighted by atomic mass is 10.2. The predicted octanol–water partition coefficient (Wildman–Crippen LogP) is 3.02. The molecule has 6 nitrogen and oxygen atoms in total. The van der Waals surface area contributed by atoms with Gasteiger partial charge in [0, 0.05) is 17.3 Å². The van der Waals surface area contributed by atoms with Crippen LogP contribution in [0.3, 0.4) is 0 Å². The van der Waals surface area contributed by atoms with Crippen LogP contribution < -0.4 is 5.32 Å². The molecule has 0 aliphatic carbocycles. The van der Waals surface area contributed by atoms with Crippen LogP contribution in [0.25, 0.3) is 0 Å². The van der Waals surface area contributed by atoms with Crippen molar-refractivity contribution in [2.75, 3.05) is 11.1 Å². The number of carbonyl (C=O) groups excluding carboxylic acids is 1. The molecule has 0 saturated heterocycles. The van der Waals surface area contributed by atoms with Gasteiger partial charge in [0.1, 0.15) is 0 Å². The maximum absolute atomic E-state index is 12.1. The Balaban J connectivity index is 1.93. The van der Waals surface area contributed by atoms with Crippen molar-refractivity contribution in [3.63, 3.8) is 0 Å². The lowest BCUT2D eigenvalue weighted by Gasteiger charge is -2.09. The van der Waals surface area contributed by atoms with Gasteiger partial charge >= 0.3 is 0 Å². The number of rotatable bonds is 6. The molecule has 8 heteroatoms. The molecule has 0 aliphatic heterocycles. The molecule has 0 unspecified atom stereocenters. The third-order valence-electron chi connectivity index (χ3n) is 2.91. The quantitative estimate of drug-likeness (QED) is 0.819. The van der Waals surface area contributed by atoms with Crippen LogP contribution in [0, 0.1) is 12.8 Å². The molecule has 22 heavy (non-hydrogen) atoms. The number of anilines is 1. The van der Waals surface area contributed by atoms with Crippen molar-refractivity contribution in [2.24, 2.45) is 5.92 Å². The second-order valence-corrected chi connectivity index (χ2v) is 6.64. The maximum Gasteiger partial charge on any atom is 0.234 e. The van der Waals surface area contributed by atoms with Gasteiger partial charge in [-0.05, 0) is 41.0 Å². The molecule has 0 saturated carbocycles. The molecule has 0 fully saturated rings. The van der Waals surface area contributed by atoms with Crippen LogP contribution in [0.1, 0.15) is 19.4 Å². The van der Waals surface area contributed by atoms with Crippen LogP contribution in [0.5, 0.6) is 0 Å². The zero-order valence-corrected chi connectivity index (χ0v) is 14.3. The minimum Gasteiger partial charge on any atom is -0.325 e. The predicted molar refractivity (Wildman–Crippen MR) is 88.2 cm³/mol. The molecule has 1 N–H and O–H groups in total. The molecule has 118 valence electrons. The van der Waals surface area contributed by atoms with Gasteiger partial charge in [-0.25, -0.2) is 4.68 Å². The van der Waals surface area contributed by atoms with E-state index in [0.717, 1.165) is 17.8 Å². The summed E-state index contributed by atoms with van der Waals surface area (Å²) in [6.45, 7) is 6.77. The van der Waals surface area contributed by atoms with Gasteiger partial charge in [0.25, 0.3) is 0 Å². The van der Waals surface area contributed by atoms with E-state index in [1.54, 1.807) is 16.8 Å². The van der Waals surface area contributed by atoms with Gasteiger partial charge in [-0.3, -0.25) is 4.79 Å². The number of thioether (sulfide) groups is 1. The highest BCUT2D eigenvalue weighted by molar-refractivity contribution is 7.99. The number of aromatic nitrogens is 4. The molecule has 1 heterocycles. The fourth-order valence-corrected chi connectivity index (χ4v) is 2.68. The van der Waals surface area contributed by atoms with E-state index in [2.05, 4.69) is 34.7 Å². The number of halogens is 1. The summed E-state index contributed by atoms with van der Waals surface area (Å²) in [4.78, 5) is 12.1. The number of carbonyl (C=O) groups is 1. The topological polar surface area (TPSA) is 72.7 Å². The van der Waals surface area contributed by atoms with E-state index in [1.807, 2.05) is 13.0 Å². The Kier molecular flexibility index (Phi) is 5.79. The van der Waals surface area contributed by atoms with E-state index in [-0.39, 0.29) is 11.7 Å². The van der Waals surface area contributed by atoms with Crippen LogP contribution in [-0.4, -0.2) is 31.9 Å². The monoisotopic (exact) mass is 339 g/mol. The largest absolute Gasteiger partial charge is 0.325 e. The molecule has 1 amide bonds. The Bertz CT molecular complexity index is 658. The standard InChI is InChI=1S/C14H18ClN5OS/c1-9(2)7-20-14(17-18-19-20)22-8-13(21)16-12-6-4-5-11(15)10(12)3/h4-6,9H,7-8H2,1-3H3,(H,16,21). The highest BCUT2D eigenvalue weighted by atomic mass is 35.5. The molecule has 2 rings (SSSR count). The molecular weight excluding hydrogens is 322 g/mol. The number of nitrogens with zero attached hydrogens (tertiary/aromatic N) is 4. The fraction of sp³-hybridized carbons (Fsp3) is 0.429. The van der Waals surface area contributed by atoms with Crippen molar-refractivity contribution in [3.8, 4) is 0 Å². The van der Waals surface area contributed by atoms with E-state index in [0.29, 0.717) is 16.1 Å². The number of hydrogen-bond donors (Lipinski definition) is 1. The van der Waals surface area contributed by atoms with Crippen molar-refractivity contribution in [2.45, 2.75) is 32.5 Å². The molecule has 2 aromatic rings. The number of tetrazole rings is 1. The number of amides is 1. The van der Waals surface area contributed by atoms with Crippen LogP contribution in [-0.2, 0) is 11.3 Å². The van der Waals surface area contributed by atoms with Crippen LogP contribution >= 0.6 is 23.4 Å². The van der Waals surface area contributed by atoms with Crippen molar-refractivity contribution in [3.05, 3.63) is 28.8 Å². The molecule has 0 spiro atoms. The van der Waals surface area contributed by atoms with Gasteiger partial charge in [-0.1, -0.05) is 43.3 Å². The summed E-state index contributed by atoms with van der Waals surface area (Å²) in [6, 6.07) is 5.43. The van der Waals surface area contributed by atoms with Gasteiger partial charge in [-0.15, -0.1) is 5.10 Å². The second-order valence-electron chi connectivity index (χ2n) is 5.29. The summed E-state index contributed by atoms with van der Waals surface area (Å²) >= 11 is 7.35. The van der Waals surface area contributed by atoms with Crippen LogP contribution in [0.15, 0.2) is 23.4 Å². The van der Waals surface area contributed by atoms with Gasteiger partial charge in [0.05, 0.1) is 5.75 Å². The average molecular weight is 340 g/mol. The summed E-state index contributed by atoms with van der Waals surface area (Å²) in [5.41, 5.74) is 1.58. The van der Waals surface area contributed by atoms with Crippen LogP contribution in [0.4, 0.5) is 5.69 Å². The normalized spacial score (nSPS) is 11.0. The van der Waals surface area contributed by atoms with Crippen LogP contribution in [0.2, 0.25) is 5.02 Å². The lowest BCUT2D eigenvalue weighted by Crippen LogP contribution is -2.16. The highest BCUT2D eigenvalue weighted by Crippen LogP contribution is 2.23. The minimum atomic E-state index is -0.116. The third-order valence-corrected chi connectivity index (χ3v) is 4.28. The van der Waals surface area contributed by atoms with E-state index in [1.165, 1.54) is 11.8 Å². The molecule has 0 aliphatic rings. The average Bonchev–Trinajstić information content (AvgIpc) is 2.88. The minimum absolute atomic E-state index is 0.116. The maximum atomic E-state index is 12.1. The van der Waals surface area contributed by atoms with E-state index in [9.17, 15) is 4.79 Å². The molecule has 0 bridgehead atoms. The summed E-state index contributed by atoms with van der Waals surface area (Å²) in [5.74, 6) is 0.560. The molecule has 0 radical (unpaired) electrons. The Labute approximate surface area is 138 Å². The smallest absolute Gasteiger partial charge is 0.234 e. The Morgan fingerprint density at radius 1 is 1.45 bits per heavy atom. The first kappa shape index (κ1) is 16.8. The summed E-state index contributed by atoms with van der Waals surface area (Å²) in [5, 5.41) is 15.7. The van der Waals surface area contributed by atoms with E-state index in [4.69, 9.17) is 11.6 Å².